The predicted octanol–water partition coefficient (Wildman–Crippen LogP) is 2.40. The number of hydrogen-bond donors (Lipinski definition) is 1. The zero-order chi connectivity index (χ0) is 10.9. The molecule has 78 valence electrons. The van der Waals surface area contributed by atoms with Gasteiger partial charge in [0.1, 0.15) is 6.10 Å². The fraction of sp³-hybridized carbons (Fsp3) is 0.250. The molecular formula is C8H5F5O. The highest BCUT2D eigenvalue weighted by Crippen LogP contribution is 2.25. The van der Waals surface area contributed by atoms with Crippen molar-refractivity contribution in [3.05, 3.63) is 35.1 Å². The minimum absolute atomic E-state index is 0.472. The van der Waals surface area contributed by atoms with Crippen LogP contribution in [0.5, 0.6) is 0 Å². The van der Waals surface area contributed by atoms with Crippen molar-refractivity contribution in [1.82, 2.24) is 0 Å². The average molecular weight is 212 g/mol. The molecule has 0 amide bonds. The molecule has 0 aliphatic carbocycles. The van der Waals surface area contributed by atoms with Gasteiger partial charge in [0.2, 0.25) is 0 Å². The third kappa shape index (κ3) is 1.84. The quantitative estimate of drug-likeness (QED) is 0.589. The average Bonchev–Trinajstić information content (AvgIpc) is 2.13. The molecule has 0 bridgehead atoms. The second-order valence-electron chi connectivity index (χ2n) is 2.54. The maximum Gasteiger partial charge on any atom is 0.268 e. The summed E-state index contributed by atoms with van der Waals surface area (Å²) in [4.78, 5) is 0. The highest BCUT2D eigenvalue weighted by Gasteiger charge is 2.25. The third-order valence-electron chi connectivity index (χ3n) is 1.62. The van der Waals surface area contributed by atoms with Crippen LogP contribution >= 0.6 is 0 Å². The number of alkyl halides is 2. The van der Waals surface area contributed by atoms with Gasteiger partial charge in [-0.3, -0.25) is 0 Å². The molecule has 1 aromatic carbocycles. The molecule has 0 saturated carbocycles. The van der Waals surface area contributed by atoms with Crippen LogP contribution in [0.2, 0.25) is 0 Å². The Morgan fingerprint density at radius 3 is 2.07 bits per heavy atom. The van der Waals surface area contributed by atoms with E-state index in [1.165, 1.54) is 0 Å². The minimum Gasteiger partial charge on any atom is -0.382 e. The van der Waals surface area contributed by atoms with Crippen molar-refractivity contribution in [2.24, 2.45) is 0 Å². The van der Waals surface area contributed by atoms with Gasteiger partial charge in [0, 0.05) is 5.56 Å². The summed E-state index contributed by atoms with van der Waals surface area (Å²) in [6.45, 7) is 0. The first-order valence-corrected chi connectivity index (χ1v) is 3.54. The maximum absolute atomic E-state index is 12.8. The van der Waals surface area contributed by atoms with E-state index in [-0.39, 0.29) is 0 Å². The molecule has 0 fully saturated rings. The van der Waals surface area contributed by atoms with Gasteiger partial charge in [0.05, 0.1) is 0 Å². The normalized spacial score (nSPS) is 13.4. The van der Waals surface area contributed by atoms with Gasteiger partial charge in [0.25, 0.3) is 6.43 Å². The summed E-state index contributed by atoms with van der Waals surface area (Å²) >= 11 is 0. The first-order valence-electron chi connectivity index (χ1n) is 3.54. The molecule has 0 saturated heterocycles. The molecule has 1 rings (SSSR count). The van der Waals surface area contributed by atoms with Crippen LogP contribution in [0.25, 0.3) is 0 Å². The highest BCUT2D eigenvalue weighted by molar-refractivity contribution is 5.22. The van der Waals surface area contributed by atoms with Crippen molar-refractivity contribution in [2.75, 3.05) is 0 Å². The van der Waals surface area contributed by atoms with Gasteiger partial charge in [-0.25, -0.2) is 22.0 Å². The predicted molar refractivity (Wildman–Crippen MR) is 37.3 cm³/mol. The van der Waals surface area contributed by atoms with Gasteiger partial charge >= 0.3 is 0 Å². The molecule has 1 N–H and O–H groups in total. The molecule has 0 aromatic heterocycles. The van der Waals surface area contributed by atoms with Crippen LogP contribution in [0.15, 0.2) is 12.1 Å². The largest absolute Gasteiger partial charge is 0.382 e. The Kier molecular flexibility index (Phi) is 3.05. The van der Waals surface area contributed by atoms with E-state index in [2.05, 4.69) is 0 Å². The lowest BCUT2D eigenvalue weighted by Crippen LogP contribution is -2.11. The van der Waals surface area contributed by atoms with Crippen LogP contribution in [0.4, 0.5) is 22.0 Å². The molecule has 1 aromatic rings. The maximum atomic E-state index is 12.8. The van der Waals surface area contributed by atoms with E-state index in [1.54, 1.807) is 0 Å². The monoisotopic (exact) mass is 212 g/mol. The summed E-state index contributed by atoms with van der Waals surface area (Å²) in [6, 6.07) is 1.05. The first-order chi connectivity index (χ1) is 6.45. The van der Waals surface area contributed by atoms with Gasteiger partial charge in [-0.05, 0) is 6.07 Å². The van der Waals surface area contributed by atoms with E-state index in [9.17, 15) is 22.0 Å². The fourth-order valence-electron chi connectivity index (χ4n) is 0.905. The van der Waals surface area contributed by atoms with E-state index in [0.29, 0.717) is 12.1 Å². The summed E-state index contributed by atoms with van der Waals surface area (Å²) in [5, 5.41) is 8.71. The Labute approximate surface area is 75.8 Å². The SMILES string of the molecule is OC(c1ccc(F)c(F)c1F)C(F)F. The van der Waals surface area contributed by atoms with E-state index < -0.39 is 35.5 Å². The molecule has 1 atom stereocenters. The molecule has 1 unspecified atom stereocenters. The Bertz CT molecular complexity index is 339. The lowest BCUT2D eigenvalue weighted by atomic mass is 10.1. The summed E-state index contributed by atoms with van der Waals surface area (Å²) < 4.78 is 61.4. The van der Waals surface area contributed by atoms with Crippen LogP contribution in [-0.2, 0) is 0 Å². The Morgan fingerprint density at radius 2 is 1.57 bits per heavy atom. The van der Waals surface area contributed by atoms with Crippen LogP contribution in [0.1, 0.15) is 11.7 Å². The van der Waals surface area contributed by atoms with Crippen molar-refractivity contribution in [3.8, 4) is 0 Å². The fourth-order valence-corrected chi connectivity index (χ4v) is 0.905. The molecule has 6 heteroatoms. The van der Waals surface area contributed by atoms with E-state index in [4.69, 9.17) is 5.11 Å². The minimum atomic E-state index is -3.26. The van der Waals surface area contributed by atoms with Crippen LogP contribution in [0, 0.1) is 17.5 Å². The lowest BCUT2D eigenvalue weighted by Gasteiger charge is -2.10. The molecule has 0 aliphatic heterocycles. The molecule has 0 aliphatic rings. The van der Waals surface area contributed by atoms with E-state index >= 15 is 0 Å². The van der Waals surface area contributed by atoms with Crippen LogP contribution in [-0.4, -0.2) is 11.5 Å². The zero-order valence-electron chi connectivity index (χ0n) is 6.65. The smallest absolute Gasteiger partial charge is 0.268 e. The second-order valence-corrected chi connectivity index (χ2v) is 2.54. The number of aliphatic hydroxyl groups is 1. The standard InChI is InChI=1S/C8H5F5O/c9-4-2-1-3(5(10)6(4)11)7(14)8(12)13/h1-2,7-8,14H. The van der Waals surface area contributed by atoms with Crippen LogP contribution in [0.3, 0.4) is 0 Å². The van der Waals surface area contributed by atoms with Gasteiger partial charge in [-0.2, -0.15) is 0 Å². The molecule has 0 radical (unpaired) electrons. The van der Waals surface area contributed by atoms with Crippen LogP contribution < -0.4 is 0 Å². The van der Waals surface area contributed by atoms with Gasteiger partial charge in [0.15, 0.2) is 17.5 Å². The Hall–Kier alpha value is -1.17. The van der Waals surface area contributed by atoms with Gasteiger partial charge in [-0.15, -0.1) is 0 Å². The van der Waals surface area contributed by atoms with Crippen molar-refractivity contribution in [2.45, 2.75) is 12.5 Å². The third-order valence-corrected chi connectivity index (χ3v) is 1.62. The zero-order valence-corrected chi connectivity index (χ0v) is 6.65. The number of rotatable bonds is 2. The molecular weight excluding hydrogens is 207 g/mol. The summed E-state index contributed by atoms with van der Waals surface area (Å²) in [6.07, 6.45) is -5.71. The van der Waals surface area contributed by atoms with E-state index in [0.717, 1.165) is 0 Å². The first kappa shape index (κ1) is 10.9. The molecule has 0 spiro atoms. The number of halogens is 5. The van der Waals surface area contributed by atoms with Gasteiger partial charge in [-0.1, -0.05) is 6.07 Å². The second kappa shape index (κ2) is 3.91. The summed E-state index contributed by atoms with van der Waals surface area (Å²) in [5.41, 5.74) is -0.959. The summed E-state index contributed by atoms with van der Waals surface area (Å²) in [7, 11) is 0. The number of benzene rings is 1. The summed E-state index contributed by atoms with van der Waals surface area (Å²) in [5.74, 6) is -5.16. The van der Waals surface area contributed by atoms with Crippen molar-refractivity contribution < 1.29 is 27.1 Å². The van der Waals surface area contributed by atoms with Crippen molar-refractivity contribution >= 4 is 0 Å². The van der Waals surface area contributed by atoms with Crippen molar-refractivity contribution in [3.63, 3.8) is 0 Å². The topological polar surface area (TPSA) is 20.2 Å². The van der Waals surface area contributed by atoms with Gasteiger partial charge < -0.3 is 5.11 Å². The molecule has 0 heterocycles. The highest BCUT2D eigenvalue weighted by atomic mass is 19.3. The van der Waals surface area contributed by atoms with E-state index in [1.807, 2.05) is 0 Å². The molecule has 1 nitrogen and oxygen atoms in total. The lowest BCUT2D eigenvalue weighted by molar-refractivity contribution is -0.00813. The van der Waals surface area contributed by atoms with Crippen molar-refractivity contribution in [1.29, 1.82) is 0 Å². The molecule has 14 heavy (non-hydrogen) atoms. The number of hydrogen-bond acceptors (Lipinski definition) is 1. The number of aliphatic hydroxyl groups excluding tert-OH is 1. The Morgan fingerprint density at radius 1 is 1.00 bits per heavy atom. The Balaban J connectivity index is 3.17.